The highest BCUT2D eigenvalue weighted by Gasteiger charge is 2.20. The Morgan fingerprint density at radius 3 is 2.79 bits per heavy atom. The highest BCUT2D eigenvalue weighted by molar-refractivity contribution is 5.68. The molecule has 2 rings (SSSR count). The molecule has 0 aliphatic rings. The molecular weight excluding hydrogens is 244 g/mol. The summed E-state index contributed by atoms with van der Waals surface area (Å²) < 4.78 is 7.05. The predicted molar refractivity (Wildman–Crippen MR) is 70.8 cm³/mol. The number of carbonyl (C=O) groups excluding carboxylic acids is 1. The molecule has 0 aliphatic heterocycles. The van der Waals surface area contributed by atoms with E-state index in [2.05, 4.69) is 15.5 Å². The van der Waals surface area contributed by atoms with Gasteiger partial charge < -0.3 is 10.1 Å². The minimum Gasteiger partial charge on any atom is -0.444 e. The first-order chi connectivity index (χ1) is 8.87. The molecule has 1 N–H and O–H groups in total. The summed E-state index contributed by atoms with van der Waals surface area (Å²) in [7, 11) is 0. The van der Waals surface area contributed by atoms with Crippen molar-refractivity contribution in [3.8, 4) is 0 Å². The highest BCUT2D eigenvalue weighted by atomic mass is 16.6. The van der Waals surface area contributed by atoms with E-state index in [1.54, 1.807) is 0 Å². The van der Waals surface area contributed by atoms with Crippen LogP contribution < -0.4 is 5.32 Å². The van der Waals surface area contributed by atoms with Crippen molar-refractivity contribution in [2.45, 2.75) is 39.3 Å². The molecule has 2 heterocycles. The van der Waals surface area contributed by atoms with Gasteiger partial charge in [-0.05, 0) is 39.8 Å². The van der Waals surface area contributed by atoms with Crippen LogP contribution in [0, 0.1) is 0 Å². The van der Waals surface area contributed by atoms with Crippen molar-refractivity contribution in [3.05, 3.63) is 30.2 Å². The minimum absolute atomic E-state index is 0.285. The molecule has 1 atom stereocenters. The monoisotopic (exact) mass is 262 g/mol. The molecule has 0 spiro atoms. The highest BCUT2D eigenvalue weighted by Crippen LogP contribution is 2.13. The molecule has 6 heteroatoms. The van der Waals surface area contributed by atoms with E-state index < -0.39 is 11.7 Å². The lowest BCUT2D eigenvalue weighted by Gasteiger charge is -2.21. The normalized spacial score (nSPS) is 13.3. The maximum atomic E-state index is 11.7. The number of hydrogen-bond donors (Lipinski definition) is 1. The number of nitrogens with zero attached hydrogens (tertiary/aromatic N) is 3. The second-order valence-electron chi connectivity index (χ2n) is 5.35. The van der Waals surface area contributed by atoms with Crippen LogP contribution in [0.1, 0.15) is 39.6 Å². The third kappa shape index (κ3) is 3.21. The van der Waals surface area contributed by atoms with E-state index in [4.69, 9.17) is 4.74 Å². The number of fused-ring (bicyclic) bond motifs is 1. The summed E-state index contributed by atoms with van der Waals surface area (Å²) >= 11 is 0. The zero-order chi connectivity index (χ0) is 14.0. The Morgan fingerprint density at radius 1 is 1.37 bits per heavy atom. The molecule has 0 fully saturated rings. The summed E-state index contributed by atoms with van der Waals surface area (Å²) in [6, 6.07) is 5.35. The summed E-state index contributed by atoms with van der Waals surface area (Å²) in [6.07, 6.45) is 1.39. The quantitative estimate of drug-likeness (QED) is 0.901. The van der Waals surface area contributed by atoms with Gasteiger partial charge in [-0.3, -0.25) is 4.40 Å². The molecule has 1 amide bonds. The van der Waals surface area contributed by atoms with Crippen LogP contribution in [-0.4, -0.2) is 26.3 Å². The van der Waals surface area contributed by atoms with E-state index >= 15 is 0 Å². The number of ether oxygens (including phenoxy) is 1. The first-order valence-corrected chi connectivity index (χ1v) is 6.16. The van der Waals surface area contributed by atoms with E-state index in [9.17, 15) is 4.79 Å². The fourth-order valence-electron chi connectivity index (χ4n) is 1.70. The van der Waals surface area contributed by atoms with Gasteiger partial charge in [-0.25, -0.2) is 4.79 Å². The standard InChI is InChI=1S/C13H18N4O2/c1-9(14-12(18)19-13(2,3)4)11-16-15-10-7-5-6-8-17(10)11/h5-9H,1-4H3,(H,14,18)/t9-/m0/s1. The van der Waals surface area contributed by atoms with Crippen molar-refractivity contribution in [2.75, 3.05) is 0 Å². The van der Waals surface area contributed by atoms with E-state index in [0.717, 1.165) is 5.65 Å². The summed E-state index contributed by atoms with van der Waals surface area (Å²) in [5, 5.41) is 10.9. The molecule has 0 saturated carbocycles. The average molecular weight is 262 g/mol. The number of carbonyl (C=O) groups is 1. The van der Waals surface area contributed by atoms with Gasteiger partial charge in [-0.2, -0.15) is 0 Å². The van der Waals surface area contributed by atoms with Crippen LogP contribution in [0.25, 0.3) is 5.65 Å². The van der Waals surface area contributed by atoms with Crippen LogP contribution in [-0.2, 0) is 4.74 Å². The summed E-state index contributed by atoms with van der Waals surface area (Å²) in [5.41, 5.74) is 0.229. The lowest BCUT2D eigenvalue weighted by atomic mass is 10.2. The van der Waals surface area contributed by atoms with E-state index in [1.165, 1.54) is 0 Å². The molecular formula is C13H18N4O2. The van der Waals surface area contributed by atoms with Crippen LogP contribution in [0.5, 0.6) is 0 Å². The van der Waals surface area contributed by atoms with Crippen LogP contribution in [0.15, 0.2) is 24.4 Å². The van der Waals surface area contributed by atoms with Crippen molar-refractivity contribution < 1.29 is 9.53 Å². The third-order valence-corrected chi connectivity index (χ3v) is 2.46. The Labute approximate surface area is 111 Å². The second-order valence-corrected chi connectivity index (χ2v) is 5.35. The van der Waals surface area contributed by atoms with Crippen molar-refractivity contribution >= 4 is 11.7 Å². The van der Waals surface area contributed by atoms with Crippen molar-refractivity contribution in [3.63, 3.8) is 0 Å². The average Bonchev–Trinajstić information content (AvgIpc) is 2.69. The van der Waals surface area contributed by atoms with Crippen molar-refractivity contribution in [1.82, 2.24) is 19.9 Å². The van der Waals surface area contributed by atoms with Gasteiger partial charge in [0.05, 0.1) is 6.04 Å². The number of amides is 1. The molecule has 0 aliphatic carbocycles. The summed E-state index contributed by atoms with van der Waals surface area (Å²) in [5.74, 6) is 0.668. The van der Waals surface area contributed by atoms with Crippen molar-refractivity contribution in [1.29, 1.82) is 0 Å². The number of hydrogen-bond acceptors (Lipinski definition) is 4. The second kappa shape index (κ2) is 4.87. The number of rotatable bonds is 2. The Bertz CT molecular complexity index is 586. The smallest absolute Gasteiger partial charge is 0.408 e. The topological polar surface area (TPSA) is 68.5 Å². The van der Waals surface area contributed by atoms with E-state index in [-0.39, 0.29) is 6.04 Å². The number of nitrogens with one attached hydrogen (secondary N) is 1. The van der Waals surface area contributed by atoms with Crippen LogP contribution >= 0.6 is 0 Å². The molecule has 0 aromatic carbocycles. The van der Waals surface area contributed by atoms with Gasteiger partial charge >= 0.3 is 6.09 Å². The Balaban J connectivity index is 2.12. The number of aromatic nitrogens is 3. The lowest BCUT2D eigenvalue weighted by molar-refractivity contribution is 0.0505. The summed E-state index contributed by atoms with van der Waals surface area (Å²) in [6.45, 7) is 7.31. The first-order valence-electron chi connectivity index (χ1n) is 6.16. The van der Waals surface area contributed by atoms with Gasteiger partial charge in [0.1, 0.15) is 5.60 Å². The molecule has 19 heavy (non-hydrogen) atoms. The van der Waals surface area contributed by atoms with Gasteiger partial charge in [0, 0.05) is 6.20 Å². The van der Waals surface area contributed by atoms with Gasteiger partial charge in [0.15, 0.2) is 11.5 Å². The maximum absolute atomic E-state index is 11.7. The third-order valence-electron chi connectivity index (χ3n) is 2.46. The van der Waals surface area contributed by atoms with E-state index in [1.807, 2.05) is 56.5 Å². The fourth-order valence-corrected chi connectivity index (χ4v) is 1.70. The minimum atomic E-state index is -0.517. The molecule has 6 nitrogen and oxygen atoms in total. The van der Waals surface area contributed by atoms with Gasteiger partial charge in [0.25, 0.3) is 0 Å². The molecule has 0 bridgehead atoms. The van der Waals surface area contributed by atoms with Crippen molar-refractivity contribution in [2.24, 2.45) is 0 Å². The Hall–Kier alpha value is -2.11. The zero-order valence-corrected chi connectivity index (χ0v) is 11.5. The lowest BCUT2D eigenvalue weighted by Crippen LogP contribution is -2.34. The molecule has 2 aromatic heterocycles. The molecule has 102 valence electrons. The summed E-state index contributed by atoms with van der Waals surface area (Å²) in [4.78, 5) is 11.7. The Morgan fingerprint density at radius 2 is 2.11 bits per heavy atom. The number of pyridine rings is 1. The van der Waals surface area contributed by atoms with Crippen LogP contribution in [0.2, 0.25) is 0 Å². The molecule has 0 saturated heterocycles. The largest absolute Gasteiger partial charge is 0.444 e. The van der Waals surface area contributed by atoms with Gasteiger partial charge in [-0.1, -0.05) is 6.07 Å². The van der Waals surface area contributed by atoms with Crippen LogP contribution in [0.3, 0.4) is 0 Å². The SMILES string of the molecule is C[C@H](NC(=O)OC(C)(C)C)c1nnc2ccccn12. The van der Waals surface area contributed by atoms with E-state index in [0.29, 0.717) is 5.82 Å². The molecule has 0 radical (unpaired) electrons. The maximum Gasteiger partial charge on any atom is 0.408 e. The van der Waals surface area contributed by atoms with Crippen LogP contribution in [0.4, 0.5) is 4.79 Å². The fraction of sp³-hybridized carbons (Fsp3) is 0.462. The molecule has 2 aromatic rings. The zero-order valence-electron chi connectivity index (χ0n) is 11.5. The predicted octanol–water partition coefficient (Wildman–Crippen LogP) is 2.32. The number of alkyl carbamates (subject to hydrolysis) is 1. The first kappa shape index (κ1) is 13.3. The van der Waals surface area contributed by atoms with Gasteiger partial charge in [-0.15, -0.1) is 10.2 Å². The Kier molecular flexibility index (Phi) is 3.42. The van der Waals surface area contributed by atoms with Gasteiger partial charge in [0.2, 0.25) is 0 Å². The molecule has 0 unspecified atom stereocenters.